The van der Waals surface area contributed by atoms with Crippen LogP contribution < -0.4 is 5.73 Å². The summed E-state index contributed by atoms with van der Waals surface area (Å²) < 4.78 is 15.7. The minimum Gasteiger partial charge on any atom is -0.383 e. The van der Waals surface area contributed by atoms with E-state index in [1.807, 2.05) is 13.8 Å². The Balaban J connectivity index is 2.47. The van der Waals surface area contributed by atoms with Crippen molar-refractivity contribution in [2.24, 2.45) is 0 Å². The van der Waals surface area contributed by atoms with Crippen molar-refractivity contribution in [1.82, 2.24) is 9.78 Å². The maximum atomic E-state index is 13.0. The molecule has 0 fully saturated rings. The van der Waals surface area contributed by atoms with E-state index < -0.39 is 0 Å². The molecule has 1 unspecified atom stereocenters. The molecule has 6 heteroatoms. The van der Waals surface area contributed by atoms with Gasteiger partial charge in [0.05, 0.1) is 15.3 Å². The van der Waals surface area contributed by atoms with Crippen LogP contribution in [0.2, 0.25) is 5.02 Å². The summed E-state index contributed by atoms with van der Waals surface area (Å²) in [5, 5.41) is 4.76. The van der Waals surface area contributed by atoms with Gasteiger partial charge in [0.25, 0.3) is 0 Å². The zero-order chi connectivity index (χ0) is 13.4. The average Bonchev–Trinajstić information content (AvgIpc) is 2.56. The van der Waals surface area contributed by atoms with Gasteiger partial charge in [0.1, 0.15) is 11.6 Å². The van der Waals surface area contributed by atoms with Crippen LogP contribution in [-0.4, -0.2) is 9.78 Å². The largest absolute Gasteiger partial charge is 0.383 e. The summed E-state index contributed by atoms with van der Waals surface area (Å²) in [6.45, 7) is 3.83. The first-order valence-electron chi connectivity index (χ1n) is 5.37. The van der Waals surface area contributed by atoms with E-state index in [0.717, 1.165) is 14.8 Å². The van der Waals surface area contributed by atoms with Gasteiger partial charge in [-0.3, -0.25) is 0 Å². The van der Waals surface area contributed by atoms with Crippen molar-refractivity contribution in [3.63, 3.8) is 0 Å². The Kier molecular flexibility index (Phi) is 3.82. The second kappa shape index (κ2) is 5.05. The Labute approximate surface area is 123 Å². The quantitative estimate of drug-likeness (QED) is 0.807. The molecule has 18 heavy (non-hydrogen) atoms. The van der Waals surface area contributed by atoms with Crippen LogP contribution in [0.15, 0.2) is 18.2 Å². The highest BCUT2D eigenvalue weighted by atomic mass is 127. The smallest absolute Gasteiger partial charge is 0.136 e. The number of nitrogens with zero attached hydrogens (tertiary/aromatic N) is 2. The maximum Gasteiger partial charge on any atom is 0.136 e. The highest BCUT2D eigenvalue weighted by Crippen LogP contribution is 2.30. The van der Waals surface area contributed by atoms with Gasteiger partial charge >= 0.3 is 0 Å². The Morgan fingerprint density at radius 3 is 2.67 bits per heavy atom. The van der Waals surface area contributed by atoms with Crippen LogP contribution in [0.3, 0.4) is 0 Å². The van der Waals surface area contributed by atoms with Gasteiger partial charge in [0.2, 0.25) is 0 Å². The lowest BCUT2D eigenvalue weighted by Gasteiger charge is -2.15. The Morgan fingerprint density at radius 2 is 2.17 bits per heavy atom. The maximum absolute atomic E-state index is 13.0. The van der Waals surface area contributed by atoms with Gasteiger partial charge in [0, 0.05) is 5.02 Å². The number of aryl methyl sites for hydroxylation is 1. The molecule has 1 heterocycles. The molecule has 2 rings (SSSR count). The molecule has 1 aromatic carbocycles. The zero-order valence-corrected chi connectivity index (χ0v) is 12.8. The molecule has 2 aromatic rings. The summed E-state index contributed by atoms with van der Waals surface area (Å²) in [7, 11) is 0. The number of hydrogen-bond donors (Lipinski definition) is 1. The topological polar surface area (TPSA) is 43.8 Å². The highest BCUT2D eigenvalue weighted by Gasteiger charge is 2.18. The molecule has 96 valence electrons. The summed E-state index contributed by atoms with van der Waals surface area (Å²) in [5.74, 6) is 0.246. The minimum atomic E-state index is -0.352. The summed E-state index contributed by atoms with van der Waals surface area (Å²) in [5.41, 5.74) is 7.67. The number of anilines is 1. The molecule has 1 aromatic heterocycles. The molecule has 0 saturated heterocycles. The fourth-order valence-electron chi connectivity index (χ4n) is 1.81. The third kappa shape index (κ3) is 2.33. The van der Waals surface area contributed by atoms with Crippen molar-refractivity contribution in [1.29, 1.82) is 0 Å². The predicted molar refractivity (Wildman–Crippen MR) is 79.3 cm³/mol. The number of benzene rings is 1. The number of halogens is 3. The number of aromatic nitrogens is 2. The number of hydrogen-bond acceptors (Lipinski definition) is 2. The lowest BCUT2D eigenvalue weighted by molar-refractivity contribution is 0.566. The number of rotatable bonds is 2. The number of nitrogens with two attached hydrogens (primary N) is 1. The van der Waals surface area contributed by atoms with Crippen LogP contribution in [0.1, 0.15) is 24.2 Å². The SMILES string of the molecule is Cc1nn(C(C)c2ccc(F)cc2Cl)c(N)c1I. The van der Waals surface area contributed by atoms with Gasteiger partial charge in [-0.1, -0.05) is 17.7 Å². The lowest BCUT2D eigenvalue weighted by Crippen LogP contribution is -2.12. The van der Waals surface area contributed by atoms with E-state index in [2.05, 4.69) is 27.7 Å². The normalized spacial score (nSPS) is 12.7. The van der Waals surface area contributed by atoms with Crippen LogP contribution in [0.5, 0.6) is 0 Å². The van der Waals surface area contributed by atoms with Gasteiger partial charge < -0.3 is 5.73 Å². The lowest BCUT2D eigenvalue weighted by atomic mass is 10.1. The van der Waals surface area contributed by atoms with Crippen LogP contribution in [0.4, 0.5) is 10.2 Å². The third-order valence-corrected chi connectivity index (χ3v) is 4.49. The van der Waals surface area contributed by atoms with E-state index in [0.29, 0.717) is 10.8 Å². The first kappa shape index (κ1) is 13.6. The van der Waals surface area contributed by atoms with Crippen molar-refractivity contribution >= 4 is 40.0 Å². The van der Waals surface area contributed by atoms with Crippen molar-refractivity contribution < 1.29 is 4.39 Å². The van der Waals surface area contributed by atoms with Crippen molar-refractivity contribution in [2.45, 2.75) is 19.9 Å². The Bertz CT molecular complexity index is 597. The van der Waals surface area contributed by atoms with Crippen LogP contribution in [0, 0.1) is 16.3 Å². The molecule has 0 aliphatic rings. The molecule has 3 nitrogen and oxygen atoms in total. The van der Waals surface area contributed by atoms with Gasteiger partial charge in [-0.25, -0.2) is 9.07 Å². The second-order valence-electron chi connectivity index (χ2n) is 4.07. The van der Waals surface area contributed by atoms with E-state index >= 15 is 0 Å². The zero-order valence-electron chi connectivity index (χ0n) is 9.92. The van der Waals surface area contributed by atoms with Crippen LogP contribution >= 0.6 is 34.2 Å². The predicted octanol–water partition coefficient (Wildman–Crippen LogP) is 3.78. The molecule has 1 atom stereocenters. The van der Waals surface area contributed by atoms with Crippen LogP contribution in [-0.2, 0) is 0 Å². The third-order valence-electron chi connectivity index (χ3n) is 2.83. The van der Waals surface area contributed by atoms with E-state index in [9.17, 15) is 4.39 Å². The summed E-state index contributed by atoms with van der Waals surface area (Å²) in [6, 6.07) is 4.20. The second-order valence-corrected chi connectivity index (χ2v) is 5.56. The fraction of sp³-hybridized carbons (Fsp3) is 0.250. The first-order chi connectivity index (χ1) is 8.41. The van der Waals surface area contributed by atoms with E-state index in [1.165, 1.54) is 12.1 Å². The first-order valence-corrected chi connectivity index (χ1v) is 6.82. The minimum absolute atomic E-state index is 0.139. The molecule has 0 saturated carbocycles. The molecule has 2 N–H and O–H groups in total. The van der Waals surface area contributed by atoms with Crippen molar-refractivity contribution in [3.05, 3.63) is 43.9 Å². The van der Waals surface area contributed by atoms with Gasteiger partial charge in [-0.15, -0.1) is 0 Å². The summed E-state index contributed by atoms with van der Waals surface area (Å²) >= 11 is 8.20. The fourth-order valence-corrected chi connectivity index (χ4v) is 2.49. The molecule has 0 amide bonds. The van der Waals surface area contributed by atoms with E-state index in [-0.39, 0.29) is 11.9 Å². The van der Waals surface area contributed by atoms with Crippen molar-refractivity contribution in [2.75, 3.05) is 5.73 Å². The molecule has 0 spiro atoms. The monoisotopic (exact) mass is 379 g/mol. The van der Waals surface area contributed by atoms with Gasteiger partial charge in [-0.05, 0) is 54.1 Å². The van der Waals surface area contributed by atoms with Crippen molar-refractivity contribution in [3.8, 4) is 0 Å². The molecule has 0 bridgehead atoms. The summed E-state index contributed by atoms with van der Waals surface area (Å²) in [4.78, 5) is 0. The molecule has 0 aliphatic carbocycles. The molecule has 0 radical (unpaired) electrons. The van der Waals surface area contributed by atoms with Crippen LogP contribution in [0.25, 0.3) is 0 Å². The highest BCUT2D eigenvalue weighted by molar-refractivity contribution is 14.1. The molecular formula is C12H12ClFIN3. The average molecular weight is 380 g/mol. The Hall–Kier alpha value is -0.820. The molecular weight excluding hydrogens is 368 g/mol. The van der Waals surface area contributed by atoms with Gasteiger partial charge in [0.15, 0.2) is 0 Å². The van der Waals surface area contributed by atoms with E-state index in [1.54, 1.807) is 10.7 Å². The summed E-state index contributed by atoms with van der Waals surface area (Å²) in [6.07, 6.45) is 0. The molecule has 0 aliphatic heterocycles. The van der Waals surface area contributed by atoms with E-state index in [4.69, 9.17) is 17.3 Å². The van der Waals surface area contributed by atoms with Gasteiger partial charge in [-0.2, -0.15) is 5.10 Å². The Morgan fingerprint density at radius 1 is 1.50 bits per heavy atom. The number of nitrogen functional groups attached to an aromatic ring is 1. The standard InChI is InChI=1S/C12H12ClFIN3/c1-6-11(15)12(16)18(17-6)7(2)9-4-3-8(14)5-10(9)13/h3-5,7H,16H2,1-2H3.